The molecule has 2 aromatic carbocycles. The van der Waals surface area contributed by atoms with Gasteiger partial charge in [-0.2, -0.15) is 0 Å². The molecule has 0 spiro atoms. The van der Waals surface area contributed by atoms with Crippen molar-refractivity contribution < 1.29 is 13.7 Å². The highest BCUT2D eigenvalue weighted by Crippen LogP contribution is 2.35. The molecule has 4 rings (SSSR count). The van der Waals surface area contributed by atoms with Gasteiger partial charge in [0.1, 0.15) is 6.61 Å². The molecule has 2 aliphatic heterocycles. The zero-order chi connectivity index (χ0) is 18.6. The number of hydrogen-bond donors (Lipinski definition) is 1. The normalized spacial score (nSPS) is 21.7. The number of fused-ring (bicyclic) bond motifs is 1. The standard InChI is InChI=1S/C21H26N2O3S/c1-27(24)23-12-10-18(11-13-23)22-14-16-6-8-17(9-7-16)21-15-25-19-4-2-3-5-20(19)26-21/h2-9,18,21-22H,10-15H2,1H3. The fourth-order valence-corrected chi connectivity index (χ4v) is 4.34. The molecule has 2 aromatic rings. The number of benzene rings is 2. The van der Waals surface area contributed by atoms with Crippen LogP contribution in [0.4, 0.5) is 0 Å². The number of nitrogens with one attached hydrogen (secondary N) is 1. The zero-order valence-electron chi connectivity index (χ0n) is 15.6. The van der Waals surface area contributed by atoms with Crippen LogP contribution >= 0.6 is 0 Å². The summed E-state index contributed by atoms with van der Waals surface area (Å²) in [7, 11) is -0.843. The van der Waals surface area contributed by atoms with Gasteiger partial charge in [-0.05, 0) is 36.1 Å². The molecule has 1 saturated heterocycles. The second-order valence-corrected chi connectivity index (χ2v) is 8.48. The highest BCUT2D eigenvalue weighted by atomic mass is 32.2. The van der Waals surface area contributed by atoms with Gasteiger partial charge in [-0.25, -0.2) is 8.51 Å². The van der Waals surface area contributed by atoms with Crippen molar-refractivity contribution >= 4 is 11.0 Å². The molecule has 0 radical (unpaired) electrons. The average molecular weight is 387 g/mol. The SMILES string of the molecule is CS(=O)N1CCC(NCc2ccc(C3COc4ccccc4O3)cc2)CC1. The summed E-state index contributed by atoms with van der Waals surface area (Å²) in [5.74, 6) is 1.62. The maximum absolute atomic E-state index is 11.5. The predicted molar refractivity (Wildman–Crippen MR) is 107 cm³/mol. The van der Waals surface area contributed by atoms with Gasteiger partial charge in [0.25, 0.3) is 0 Å². The van der Waals surface area contributed by atoms with Gasteiger partial charge in [-0.15, -0.1) is 0 Å². The van der Waals surface area contributed by atoms with E-state index < -0.39 is 11.0 Å². The van der Waals surface area contributed by atoms with Crippen LogP contribution in [0, 0.1) is 0 Å². The Morgan fingerprint density at radius 2 is 1.78 bits per heavy atom. The van der Waals surface area contributed by atoms with Crippen LogP contribution in [0.5, 0.6) is 11.5 Å². The van der Waals surface area contributed by atoms with Crippen molar-refractivity contribution in [3.63, 3.8) is 0 Å². The average Bonchev–Trinajstić information content (AvgIpc) is 2.72. The van der Waals surface area contributed by atoms with Gasteiger partial charge < -0.3 is 14.8 Å². The topological polar surface area (TPSA) is 50.8 Å². The van der Waals surface area contributed by atoms with Crippen molar-refractivity contribution in [2.24, 2.45) is 0 Å². The van der Waals surface area contributed by atoms with Crippen LogP contribution in [0.3, 0.4) is 0 Å². The first-order valence-electron chi connectivity index (χ1n) is 9.48. The lowest BCUT2D eigenvalue weighted by Crippen LogP contribution is -2.42. The van der Waals surface area contributed by atoms with Crippen molar-refractivity contribution in [1.82, 2.24) is 9.62 Å². The van der Waals surface area contributed by atoms with Gasteiger partial charge in [0.05, 0.1) is 11.0 Å². The Morgan fingerprint density at radius 3 is 2.48 bits per heavy atom. The van der Waals surface area contributed by atoms with E-state index in [9.17, 15) is 4.21 Å². The molecule has 144 valence electrons. The number of hydrogen-bond acceptors (Lipinski definition) is 4. The predicted octanol–water partition coefficient (Wildman–Crippen LogP) is 3.05. The summed E-state index contributed by atoms with van der Waals surface area (Å²) in [5, 5.41) is 3.63. The second kappa shape index (κ2) is 8.42. The number of rotatable bonds is 5. The molecule has 0 saturated carbocycles. The maximum Gasteiger partial charge on any atom is 0.162 e. The number of ether oxygens (including phenoxy) is 2. The summed E-state index contributed by atoms with van der Waals surface area (Å²) in [4.78, 5) is 0. The molecule has 0 amide bonds. The first kappa shape index (κ1) is 18.5. The Balaban J connectivity index is 1.29. The van der Waals surface area contributed by atoms with Gasteiger partial charge in [0.15, 0.2) is 17.6 Å². The monoisotopic (exact) mass is 386 g/mol. The Morgan fingerprint density at radius 1 is 1.07 bits per heavy atom. The third-order valence-electron chi connectivity index (χ3n) is 5.27. The fraction of sp³-hybridized carbons (Fsp3) is 0.429. The van der Waals surface area contributed by atoms with E-state index in [1.807, 2.05) is 28.6 Å². The number of nitrogens with zero attached hydrogens (tertiary/aromatic N) is 1. The molecular formula is C21H26N2O3S. The van der Waals surface area contributed by atoms with E-state index in [-0.39, 0.29) is 6.10 Å². The molecule has 1 N–H and O–H groups in total. The van der Waals surface area contributed by atoms with Gasteiger partial charge in [-0.1, -0.05) is 36.4 Å². The van der Waals surface area contributed by atoms with E-state index in [2.05, 4.69) is 29.6 Å². The fourth-order valence-electron chi connectivity index (χ4n) is 3.61. The van der Waals surface area contributed by atoms with Crippen LogP contribution in [-0.4, -0.2) is 40.5 Å². The Kier molecular flexibility index (Phi) is 5.76. The van der Waals surface area contributed by atoms with Crippen molar-refractivity contribution in [3.05, 3.63) is 59.7 Å². The molecule has 5 nitrogen and oxygen atoms in total. The summed E-state index contributed by atoms with van der Waals surface area (Å²) in [6, 6.07) is 16.9. The van der Waals surface area contributed by atoms with Gasteiger partial charge in [0.2, 0.25) is 0 Å². The van der Waals surface area contributed by atoms with Crippen molar-refractivity contribution in [3.8, 4) is 11.5 Å². The lowest BCUT2D eigenvalue weighted by atomic mass is 10.0. The summed E-state index contributed by atoms with van der Waals surface area (Å²) >= 11 is 0. The Hall–Kier alpha value is -1.89. The minimum Gasteiger partial charge on any atom is -0.485 e. The molecule has 27 heavy (non-hydrogen) atoms. The number of para-hydroxylation sites is 2. The lowest BCUT2D eigenvalue weighted by Gasteiger charge is -2.30. The van der Waals surface area contributed by atoms with Crippen LogP contribution in [0.2, 0.25) is 0 Å². The van der Waals surface area contributed by atoms with Crippen LogP contribution in [-0.2, 0) is 17.5 Å². The molecule has 0 aromatic heterocycles. The smallest absolute Gasteiger partial charge is 0.162 e. The van der Waals surface area contributed by atoms with Crippen LogP contribution < -0.4 is 14.8 Å². The van der Waals surface area contributed by atoms with E-state index in [4.69, 9.17) is 9.47 Å². The first-order valence-corrected chi connectivity index (χ1v) is 11.0. The highest BCUT2D eigenvalue weighted by molar-refractivity contribution is 7.81. The summed E-state index contributed by atoms with van der Waals surface area (Å²) in [6.07, 6.45) is 3.78. The lowest BCUT2D eigenvalue weighted by molar-refractivity contribution is 0.0913. The maximum atomic E-state index is 11.5. The van der Waals surface area contributed by atoms with Gasteiger partial charge in [0, 0.05) is 31.9 Å². The summed E-state index contributed by atoms with van der Waals surface area (Å²) in [5.41, 5.74) is 2.39. The van der Waals surface area contributed by atoms with E-state index in [0.29, 0.717) is 12.6 Å². The quantitative estimate of drug-likeness (QED) is 0.858. The minimum absolute atomic E-state index is 0.0684. The molecule has 2 aliphatic rings. The van der Waals surface area contributed by atoms with Crippen LogP contribution in [0.15, 0.2) is 48.5 Å². The molecule has 2 unspecified atom stereocenters. The minimum atomic E-state index is -0.843. The zero-order valence-corrected chi connectivity index (χ0v) is 16.4. The summed E-state index contributed by atoms with van der Waals surface area (Å²) in [6.45, 7) is 3.19. The molecule has 0 bridgehead atoms. The van der Waals surface area contributed by atoms with E-state index in [1.165, 1.54) is 5.56 Å². The Bertz CT molecular complexity index is 788. The second-order valence-electron chi connectivity index (χ2n) is 7.11. The molecule has 2 heterocycles. The first-order chi connectivity index (χ1) is 13.2. The molecule has 2 atom stereocenters. The molecule has 1 fully saturated rings. The third kappa shape index (κ3) is 4.51. The largest absolute Gasteiger partial charge is 0.485 e. The van der Waals surface area contributed by atoms with Crippen LogP contribution in [0.25, 0.3) is 0 Å². The number of piperidine rings is 1. The van der Waals surface area contributed by atoms with Crippen LogP contribution in [0.1, 0.15) is 30.1 Å². The van der Waals surface area contributed by atoms with Crippen molar-refractivity contribution in [1.29, 1.82) is 0 Å². The van der Waals surface area contributed by atoms with E-state index >= 15 is 0 Å². The van der Waals surface area contributed by atoms with Crippen molar-refractivity contribution in [2.75, 3.05) is 26.0 Å². The Labute approximate surface area is 163 Å². The van der Waals surface area contributed by atoms with Gasteiger partial charge in [-0.3, -0.25) is 0 Å². The summed E-state index contributed by atoms with van der Waals surface area (Å²) < 4.78 is 25.4. The molecular weight excluding hydrogens is 360 g/mol. The van der Waals surface area contributed by atoms with E-state index in [0.717, 1.165) is 49.5 Å². The molecule has 0 aliphatic carbocycles. The highest BCUT2D eigenvalue weighted by Gasteiger charge is 2.23. The van der Waals surface area contributed by atoms with E-state index in [1.54, 1.807) is 6.26 Å². The van der Waals surface area contributed by atoms with Crippen molar-refractivity contribution in [2.45, 2.75) is 31.5 Å². The van der Waals surface area contributed by atoms with Gasteiger partial charge >= 0.3 is 0 Å². The molecule has 6 heteroatoms. The third-order valence-corrected chi connectivity index (χ3v) is 6.36.